The standard InChI is InChI=1S/C67H121N2O6P/c1-6-8-10-12-14-16-18-20-21-22-23-24-25-26-27-28-29-30-31-32-33-34-35-36-37-38-39-40-41-42-43-44-45-46-47-49-51-53-55-57-59-61-67(71)68-65(64-75-76(72,73)74-63-62-69(3,4)5)66(70)60-58-56-54-52-50-48-19-17-15-13-11-9-7-2/h8,10,14-17,20-21,23-24,26-27,50,52,58,60,65-66,70H,6-7,9,11-13,18-19,22,25,28-49,51,53-57,59,61-64H2,1-5H3,(H-,68,71,72,73)/b10-8-,16-14-,17-15+,21-20-,24-23-,27-26-,52-50+,60-58+. The molecular formula is C67H121N2O6P. The second-order valence-electron chi connectivity index (χ2n) is 22.4. The molecule has 0 heterocycles. The average Bonchev–Trinajstić information content (AvgIpc) is 3.38. The van der Waals surface area contributed by atoms with E-state index in [0.29, 0.717) is 17.4 Å². The molecular weight excluding hydrogens is 960 g/mol. The first kappa shape index (κ1) is 73.4. The van der Waals surface area contributed by atoms with Crippen LogP contribution in [0.15, 0.2) is 97.2 Å². The number of hydrogen-bond acceptors (Lipinski definition) is 6. The number of hydrogen-bond donors (Lipinski definition) is 2. The van der Waals surface area contributed by atoms with E-state index in [1.54, 1.807) is 6.08 Å². The molecule has 0 aromatic heterocycles. The second kappa shape index (κ2) is 57.1. The number of nitrogens with zero attached hydrogens (tertiary/aromatic N) is 1. The first-order valence-electron chi connectivity index (χ1n) is 31.6. The van der Waals surface area contributed by atoms with Crippen LogP contribution in [0.5, 0.6) is 0 Å². The second-order valence-corrected chi connectivity index (χ2v) is 23.8. The number of amides is 1. The highest BCUT2D eigenvalue weighted by molar-refractivity contribution is 7.45. The molecule has 0 aromatic carbocycles. The highest BCUT2D eigenvalue weighted by Gasteiger charge is 2.23. The Labute approximate surface area is 470 Å². The molecule has 0 bridgehead atoms. The number of quaternary nitrogens is 1. The lowest BCUT2D eigenvalue weighted by Gasteiger charge is -2.29. The summed E-state index contributed by atoms with van der Waals surface area (Å²) in [7, 11) is 1.23. The van der Waals surface area contributed by atoms with Crippen LogP contribution in [0.25, 0.3) is 0 Å². The zero-order valence-electron chi connectivity index (χ0n) is 50.2. The fourth-order valence-electron chi connectivity index (χ4n) is 8.86. The van der Waals surface area contributed by atoms with Crippen LogP contribution in [0.4, 0.5) is 0 Å². The van der Waals surface area contributed by atoms with E-state index in [0.717, 1.165) is 83.5 Å². The number of rotatable bonds is 57. The third-order valence-electron chi connectivity index (χ3n) is 13.8. The summed E-state index contributed by atoms with van der Waals surface area (Å²) in [6.45, 7) is 4.47. The summed E-state index contributed by atoms with van der Waals surface area (Å²) < 4.78 is 23.3. The van der Waals surface area contributed by atoms with Crippen LogP contribution in [0.3, 0.4) is 0 Å². The minimum absolute atomic E-state index is 0.0105. The van der Waals surface area contributed by atoms with Crippen molar-refractivity contribution in [2.24, 2.45) is 0 Å². The minimum atomic E-state index is -4.61. The van der Waals surface area contributed by atoms with Crippen LogP contribution in [-0.2, 0) is 18.4 Å². The predicted molar refractivity (Wildman–Crippen MR) is 329 cm³/mol. The van der Waals surface area contributed by atoms with Gasteiger partial charge in [0.1, 0.15) is 13.2 Å². The van der Waals surface area contributed by atoms with Gasteiger partial charge < -0.3 is 28.8 Å². The zero-order valence-corrected chi connectivity index (χ0v) is 51.1. The predicted octanol–water partition coefficient (Wildman–Crippen LogP) is 19.1. The highest BCUT2D eigenvalue weighted by Crippen LogP contribution is 2.38. The van der Waals surface area contributed by atoms with E-state index >= 15 is 0 Å². The van der Waals surface area contributed by atoms with E-state index in [2.05, 4.69) is 104 Å². The van der Waals surface area contributed by atoms with Crippen LogP contribution in [0.1, 0.15) is 271 Å². The van der Waals surface area contributed by atoms with Crippen LogP contribution in [0, 0.1) is 0 Å². The van der Waals surface area contributed by atoms with Crippen molar-refractivity contribution in [1.29, 1.82) is 0 Å². The smallest absolute Gasteiger partial charge is 0.268 e. The van der Waals surface area contributed by atoms with Gasteiger partial charge in [0, 0.05) is 6.42 Å². The Morgan fingerprint density at radius 1 is 0.474 bits per heavy atom. The van der Waals surface area contributed by atoms with Gasteiger partial charge in [0.2, 0.25) is 5.91 Å². The molecule has 440 valence electrons. The molecule has 1 amide bonds. The fraction of sp³-hybridized carbons (Fsp3) is 0.746. The molecule has 0 saturated heterocycles. The Morgan fingerprint density at radius 2 is 0.816 bits per heavy atom. The van der Waals surface area contributed by atoms with Crippen molar-refractivity contribution in [3.63, 3.8) is 0 Å². The molecule has 0 aliphatic carbocycles. The molecule has 3 atom stereocenters. The van der Waals surface area contributed by atoms with Crippen LogP contribution >= 0.6 is 7.82 Å². The van der Waals surface area contributed by atoms with E-state index in [1.807, 2.05) is 27.2 Å². The first-order valence-corrected chi connectivity index (χ1v) is 33.1. The minimum Gasteiger partial charge on any atom is -0.756 e. The van der Waals surface area contributed by atoms with Gasteiger partial charge in [0.25, 0.3) is 7.82 Å². The summed E-state index contributed by atoms with van der Waals surface area (Å²) in [6.07, 6.45) is 82.5. The molecule has 2 N–H and O–H groups in total. The monoisotopic (exact) mass is 1080 g/mol. The first-order chi connectivity index (χ1) is 37.0. The van der Waals surface area contributed by atoms with Crippen molar-refractivity contribution in [3.8, 4) is 0 Å². The van der Waals surface area contributed by atoms with Gasteiger partial charge in [-0.2, -0.15) is 0 Å². The number of aliphatic hydroxyl groups is 1. The van der Waals surface area contributed by atoms with Crippen LogP contribution in [-0.4, -0.2) is 68.5 Å². The number of phosphoric ester groups is 1. The van der Waals surface area contributed by atoms with Crippen LogP contribution < -0.4 is 10.2 Å². The molecule has 9 heteroatoms. The van der Waals surface area contributed by atoms with Gasteiger partial charge in [-0.05, 0) is 89.9 Å². The summed E-state index contributed by atoms with van der Waals surface area (Å²) in [5.41, 5.74) is 0. The fourth-order valence-corrected chi connectivity index (χ4v) is 9.58. The molecule has 8 nitrogen and oxygen atoms in total. The topological polar surface area (TPSA) is 108 Å². The van der Waals surface area contributed by atoms with E-state index in [4.69, 9.17) is 9.05 Å². The van der Waals surface area contributed by atoms with Gasteiger partial charge in [-0.25, -0.2) is 0 Å². The lowest BCUT2D eigenvalue weighted by Crippen LogP contribution is -2.45. The number of allylic oxidation sites excluding steroid dienone is 15. The molecule has 0 saturated carbocycles. The SMILES string of the molecule is CC/C=C\C/C=C\C/C=C\C/C=C\C/C=C\CCCCCCCCCCCCCCCCCCCCCCCCCCCC(=O)NC(COP(=O)([O-])OCC[N+](C)(C)C)C(O)/C=C/CC/C=C/CC/C=C/CCCCC. The van der Waals surface area contributed by atoms with Gasteiger partial charge in [0.05, 0.1) is 39.9 Å². The summed E-state index contributed by atoms with van der Waals surface area (Å²) in [6, 6.07) is -0.911. The number of nitrogens with one attached hydrogen (secondary N) is 1. The summed E-state index contributed by atoms with van der Waals surface area (Å²) >= 11 is 0. The van der Waals surface area contributed by atoms with Crippen molar-refractivity contribution in [2.45, 2.75) is 283 Å². The molecule has 0 radical (unpaired) electrons. The number of phosphoric acid groups is 1. The number of aliphatic hydroxyl groups excluding tert-OH is 1. The number of likely N-dealkylation sites (N-methyl/N-ethyl adjacent to an activating group) is 1. The van der Waals surface area contributed by atoms with Crippen molar-refractivity contribution in [2.75, 3.05) is 40.9 Å². The maximum Gasteiger partial charge on any atom is 0.268 e. The Bertz CT molecular complexity index is 1560. The highest BCUT2D eigenvalue weighted by atomic mass is 31.2. The molecule has 0 fully saturated rings. The van der Waals surface area contributed by atoms with Gasteiger partial charge in [0.15, 0.2) is 0 Å². The zero-order chi connectivity index (χ0) is 55.6. The van der Waals surface area contributed by atoms with E-state index in [9.17, 15) is 19.4 Å². The third-order valence-corrected chi connectivity index (χ3v) is 14.7. The molecule has 0 spiro atoms. The lowest BCUT2D eigenvalue weighted by molar-refractivity contribution is -0.870. The Hall–Kier alpha value is -2.58. The van der Waals surface area contributed by atoms with Crippen molar-refractivity contribution >= 4 is 13.7 Å². The molecule has 0 aliphatic heterocycles. The van der Waals surface area contributed by atoms with Crippen LogP contribution in [0.2, 0.25) is 0 Å². The number of unbranched alkanes of at least 4 members (excludes halogenated alkanes) is 30. The Kier molecular flexibility index (Phi) is 55.2. The Morgan fingerprint density at radius 3 is 1.22 bits per heavy atom. The summed E-state index contributed by atoms with van der Waals surface area (Å²) in [5, 5.41) is 13.8. The van der Waals surface area contributed by atoms with Gasteiger partial charge in [-0.3, -0.25) is 9.36 Å². The van der Waals surface area contributed by atoms with Gasteiger partial charge >= 0.3 is 0 Å². The molecule has 0 aromatic rings. The van der Waals surface area contributed by atoms with Gasteiger partial charge in [-0.15, -0.1) is 0 Å². The summed E-state index contributed by atoms with van der Waals surface area (Å²) in [4.78, 5) is 25.5. The quantitative estimate of drug-likeness (QED) is 0.0272. The third kappa shape index (κ3) is 59.1. The molecule has 0 aliphatic rings. The van der Waals surface area contributed by atoms with E-state index < -0.39 is 26.6 Å². The normalized spacial score (nSPS) is 14.5. The van der Waals surface area contributed by atoms with Crippen molar-refractivity contribution < 1.29 is 32.9 Å². The van der Waals surface area contributed by atoms with Gasteiger partial charge in [-0.1, -0.05) is 272 Å². The average molecular weight is 1080 g/mol. The maximum absolute atomic E-state index is 12.9. The van der Waals surface area contributed by atoms with Crippen molar-refractivity contribution in [3.05, 3.63) is 97.2 Å². The lowest BCUT2D eigenvalue weighted by atomic mass is 10.0. The number of carbonyl (C=O) groups excluding carboxylic acids is 1. The largest absolute Gasteiger partial charge is 0.756 e. The maximum atomic E-state index is 12.9. The Balaban J connectivity index is 3.89. The molecule has 76 heavy (non-hydrogen) atoms. The number of carbonyl (C=O) groups is 1. The molecule has 0 rings (SSSR count). The molecule has 3 unspecified atom stereocenters. The van der Waals surface area contributed by atoms with E-state index in [1.165, 1.54) is 167 Å². The van der Waals surface area contributed by atoms with E-state index in [-0.39, 0.29) is 12.5 Å². The summed E-state index contributed by atoms with van der Waals surface area (Å²) in [5.74, 6) is -0.211. The van der Waals surface area contributed by atoms with Crippen molar-refractivity contribution in [1.82, 2.24) is 5.32 Å².